The molecule has 30 heavy (non-hydrogen) atoms. The van der Waals surface area contributed by atoms with Crippen molar-refractivity contribution >= 4 is 23.2 Å². The van der Waals surface area contributed by atoms with Crippen LogP contribution in [0.5, 0.6) is 5.75 Å². The van der Waals surface area contributed by atoms with E-state index in [4.69, 9.17) is 4.74 Å². The van der Waals surface area contributed by atoms with Gasteiger partial charge in [0.15, 0.2) is 6.10 Å². The number of carbonyl (C=O) groups is 2. The van der Waals surface area contributed by atoms with Crippen molar-refractivity contribution in [1.29, 1.82) is 0 Å². The Balaban J connectivity index is 1.76. The Bertz CT molecular complexity index is 918. The van der Waals surface area contributed by atoms with Gasteiger partial charge in [-0.05, 0) is 30.7 Å². The molecule has 0 aliphatic carbocycles. The summed E-state index contributed by atoms with van der Waals surface area (Å²) in [6.07, 6.45) is -4.65. The fraction of sp³-hybridized carbons (Fsp3) is 0.333. The van der Waals surface area contributed by atoms with Crippen LogP contribution in [0.4, 0.5) is 24.5 Å². The third kappa shape index (κ3) is 5.03. The first-order valence-electron chi connectivity index (χ1n) is 9.54. The Morgan fingerprint density at radius 1 is 1.13 bits per heavy atom. The zero-order valence-corrected chi connectivity index (χ0v) is 16.3. The molecule has 0 saturated carbocycles. The first kappa shape index (κ1) is 21.5. The van der Waals surface area contributed by atoms with Gasteiger partial charge >= 0.3 is 6.18 Å². The van der Waals surface area contributed by atoms with E-state index in [1.54, 1.807) is 29.2 Å². The molecule has 0 radical (unpaired) electrons. The second-order valence-corrected chi connectivity index (χ2v) is 6.84. The highest BCUT2D eigenvalue weighted by molar-refractivity contribution is 5.95. The number of nitrogens with one attached hydrogen (secondary N) is 2. The Morgan fingerprint density at radius 2 is 1.83 bits per heavy atom. The highest BCUT2D eigenvalue weighted by Crippen LogP contribution is 2.35. The summed E-state index contributed by atoms with van der Waals surface area (Å²) in [6, 6.07) is 11.7. The summed E-state index contributed by atoms with van der Waals surface area (Å²) in [6.45, 7) is 2.28. The number of benzene rings is 2. The highest BCUT2D eigenvalue weighted by Gasteiger charge is 2.34. The van der Waals surface area contributed by atoms with E-state index in [1.807, 2.05) is 6.92 Å². The molecule has 0 unspecified atom stereocenters. The number of rotatable bonds is 6. The average molecular weight is 421 g/mol. The second-order valence-electron chi connectivity index (χ2n) is 6.84. The molecule has 0 fully saturated rings. The van der Waals surface area contributed by atoms with Crippen molar-refractivity contribution in [3.63, 3.8) is 0 Å². The van der Waals surface area contributed by atoms with Crippen molar-refractivity contribution in [2.24, 2.45) is 0 Å². The fourth-order valence-electron chi connectivity index (χ4n) is 3.16. The van der Waals surface area contributed by atoms with E-state index in [2.05, 4.69) is 10.6 Å². The van der Waals surface area contributed by atoms with Crippen LogP contribution in [-0.2, 0) is 15.8 Å². The van der Waals surface area contributed by atoms with Gasteiger partial charge in [0, 0.05) is 6.54 Å². The van der Waals surface area contributed by atoms with E-state index >= 15 is 0 Å². The first-order chi connectivity index (χ1) is 14.3. The zero-order chi connectivity index (χ0) is 21.7. The lowest BCUT2D eigenvalue weighted by Gasteiger charge is -2.35. The molecular formula is C21H22F3N3O3. The summed E-state index contributed by atoms with van der Waals surface area (Å²) in [5.74, 6) is -0.501. The minimum Gasteiger partial charge on any atom is -0.477 e. The van der Waals surface area contributed by atoms with Crippen molar-refractivity contribution in [3.8, 4) is 5.75 Å². The predicted molar refractivity (Wildman–Crippen MR) is 106 cm³/mol. The van der Waals surface area contributed by atoms with Gasteiger partial charge in [0.2, 0.25) is 5.91 Å². The summed E-state index contributed by atoms with van der Waals surface area (Å²) in [5, 5.41) is 5.09. The van der Waals surface area contributed by atoms with Crippen molar-refractivity contribution in [3.05, 3.63) is 54.1 Å². The fourth-order valence-corrected chi connectivity index (χ4v) is 3.16. The molecule has 1 heterocycles. The molecule has 1 aliphatic rings. The maximum Gasteiger partial charge on any atom is 0.418 e. The zero-order valence-electron chi connectivity index (χ0n) is 16.3. The first-order valence-corrected chi connectivity index (χ1v) is 9.54. The van der Waals surface area contributed by atoms with Gasteiger partial charge in [-0.2, -0.15) is 13.2 Å². The van der Waals surface area contributed by atoms with Crippen LogP contribution in [0.2, 0.25) is 0 Å². The van der Waals surface area contributed by atoms with E-state index in [9.17, 15) is 22.8 Å². The smallest absolute Gasteiger partial charge is 0.418 e. The van der Waals surface area contributed by atoms with Crippen LogP contribution < -0.4 is 20.3 Å². The van der Waals surface area contributed by atoms with Crippen molar-refractivity contribution in [2.45, 2.75) is 25.6 Å². The normalized spacial score (nSPS) is 15.7. The number of carbonyl (C=O) groups excluding carboxylic acids is 2. The molecule has 0 spiro atoms. The number of ether oxygens (including phenoxy) is 1. The average Bonchev–Trinajstić information content (AvgIpc) is 2.71. The van der Waals surface area contributed by atoms with Crippen LogP contribution in [0.3, 0.4) is 0 Å². The molecule has 2 aromatic rings. The maximum atomic E-state index is 13.2. The molecule has 1 aliphatic heterocycles. The Hall–Kier alpha value is -3.23. The third-order valence-electron chi connectivity index (χ3n) is 4.54. The molecule has 0 aromatic heterocycles. The summed E-state index contributed by atoms with van der Waals surface area (Å²) < 4.78 is 45.3. The lowest BCUT2D eigenvalue weighted by molar-refractivity contribution is -0.137. The number of halogens is 3. The Kier molecular flexibility index (Phi) is 6.49. The largest absolute Gasteiger partial charge is 0.477 e. The number of anilines is 2. The van der Waals surface area contributed by atoms with Crippen LogP contribution in [0.1, 0.15) is 18.9 Å². The van der Waals surface area contributed by atoms with Gasteiger partial charge in [-0.1, -0.05) is 31.2 Å². The van der Waals surface area contributed by atoms with Crippen LogP contribution in [0.15, 0.2) is 48.5 Å². The number of para-hydroxylation sites is 3. The van der Waals surface area contributed by atoms with Gasteiger partial charge in [-0.3, -0.25) is 9.59 Å². The number of amides is 2. The van der Waals surface area contributed by atoms with Crippen molar-refractivity contribution in [1.82, 2.24) is 5.32 Å². The molecular weight excluding hydrogens is 399 g/mol. The van der Waals surface area contributed by atoms with Gasteiger partial charge in [0.1, 0.15) is 5.75 Å². The van der Waals surface area contributed by atoms with Crippen LogP contribution in [0.25, 0.3) is 0 Å². The van der Waals surface area contributed by atoms with Crippen LogP contribution in [0, 0.1) is 0 Å². The lowest BCUT2D eigenvalue weighted by atomic mass is 10.1. The summed E-state index contributed by atoms with van der Waals surface area (Å²) in [5.41, 5.74) is -0.636. The van der Waals surface area contributed by atoms with Gasteiger partial charge in [-0.15, -0.1) is 0 Å². The molecule has 2 aromatic carbocycles. The molecule has 0 bridgehead atoms. The molecule has 160 valence electrons. The Labute approximate surface area is 172 Å². The minimum absolute atomic E-state index is 0.0981. The molecule has 2 amide bonds. The van der Waals surface area contributed by atoms with Crippen LogP contribution >= 0.6 is 0 Å². The standard InChI is InChI=1S/C21H22F3N3O3/c1-2-11-25-20(29)18-12-27(16-9-5-6-10-17(16)30-18)13-19(28)26-15-8-4-3-7-14(15)21(22,23)24/h3-10,18H,2,11-13H2,1H3,(H,25,29)(H,26,28)/t18-/m0/s1. The molecule has 6 nitrogen and oxygen atoms in total. The summed E-state index contributed by atoms with van der Waals surface area (Å²) >= 11 is 0. The van der Waals surface area contributed by atoms with Gasteiger partial charge in [0.05, 0.1) is 30.0 Å². The monoisotopic (exact) mass is 421 g/mol. The maximum absolute atomic E-state index is 13.2. The molecule has 2 N–H and O–H groups in total. The number of hydrogen-bond donors (Lipinski definition) is 2. The van der Waals surface area contributed by atoms with Crippen molar-refractivity contribution < 1.29 is 27.5 Å². The van der Waals surface area contributed by atoms with Crippen molar-refractivity contribution in [2.75, 3.05) is 29.9 Å². The van der Waals surface area contributed by atoms with Gasteiger partial charge in [-0.25, -0.2) is 0 Å². The number of hydrogen-bond acceptors (Lipinski definition) is 4. The summed E-state index contributed by atoms with van der Waals surface area (Å²) in [4.78, 5) is 26.5. The number of alkyl halides is 3. The quantitative estimate of drug-likeness (QED) is 0.750. The molecule has 0 saturated heterocycles. The highest BCUT2D eigenvalue weighted by atomic mass is 19.4. The van der Waals surface area contributed by atoms with E-state index in [1.165, 1.54) is 18.2 Å². The molecule has 1 atom stereocenters. The van der Waals surface area contributed by atoms with Gasteiger partial charge < -0.3 is 20.3 Å². The number of nitrogens with zero attached hydrogens (tertiary/aromatic N) is 1. The van der Waals surface area contributed by atoms with E-state index in [0.29, 0.717) is 18.0 Å². The number of fused-ring (bicyclic) bond motifs is 1. The van der Waals surface area contributed by atoms with Gasteiger partial charge in [0.25, 0.3) is 5.91 Å². The predicted octanol–water partition coefficient (Wildman–Crippen LogP) is 3.44. The minimum atomic E-state index is -4.59. The second kappa shape index (κ2) is 9.06. The molecule has 3 rings (SSSR count). The SMILES string of the molecule is CCCNC(=O)[C@@H]1CN(CC(=O)Nc2ccccc2C(F)(F)F)c2ccccc2O1. The van der Waals surface area contributed by atoms with Crippen LogP contribution in [-0.4, -0.2) is 37.6 Å². The van der Waals surface area contributed by atoms with E-state index in [0.717, 1.165) is 12.5 Å². The van der Waals surface area contributed by atoms with E-state index in [-0.39, 0.29) is 24.7 Å². The summed E-state index contributed by atoms with van der Waals surface area (Å²) in [7, 11) is 0. The Morgan fingerprint density at radius 3 is 2.57 bits per heavy atom. The third-order valence-corrected chi connectivity index (χ3v) is 4.54. The topological polar surface area (TPSA) is 70.7 Å². The van der Waals surface area contributed by atoms with E-state index < -0.39 is 23.8 Å². The lowest BCUT2D eigenvalue weighted by Crippen LogP contribution is -2.50. The molecule has 9 heteroatoms.